The van der Waals surface area contributed by atoms with Crippen LogP contribution in [0.1, 0.15) is 6.92 Å². The van der Waals surface area contributed by atoms with Gasteiger partial charge in [-0.15, -0.1) is 0 Å². The van der Waals surface area contributed by atoms with E-state index in [4.69, 9.17) is 10.5 Å². The smallest absolute Gasteiger partial charge is 0.227 e. The minimum atomic E-state index is -0.900. The fourth-order valence-electron chi connectivity index (χ4n) is 1.58. The summed E-state index contributed by atoms with van der Waals surface area (Å²) in [5.74, 6) is 0.102. The summed E-state index contributed by atoms with van der Waals surface area (Å²) < 4.78 is 16.0. The first kappa shape index (κ1) is 12.6. The van der Waals surface area contributed by atoms with E-state index in [-0.39, 0.29) is 23.9 Å². The molecule has 0 bridgehead atoms. The molecule has 1 saturated heterocycles. The van der Waals surface area contributed by atoms with Gasteiger partial charge in [0.15, 0.2) is 0 Å². The van der Waals surface area contributed by atoms with Crippen molar-refractivity contribution < 1.29 is 13.7 Å². The molecule has 1 amide bonds. The van der Waals surface area contributed by atoms with Gasteiger partial charge >= 0.3 is 0 Å². The highest BCUT2D eigenvalue weighted by Crippen LogP contribution is 2.11. The van der Waals surface area contributed by atoms with Crippen LogP contribution in [-0.4, -0.2) is 47.4 Å². The lowest BCUT2D eigenvalue weighted by Gasteiger charge is -2.17. The topological polar surface area (TPSA) is 81.4 Å². The highest BCUT2D eigenvalue weighted by Gasteiger charge is 2.31. The molecule has 88 valence electrons. The van der Waals surface area contributed by atoms with Crippen LogP contribution in [0.4, 0.5) is 0 Å². The zero-order chi connectivity index (χ0) is 11.4. The molecule has 3 N–H and O–H groups in total. The molecule has 1 fully saturated rings. The summed E-state index contributed by atoms with van der Waals surface area (Å²) in [4.78, 5) is 11.7. The van der Waals surface area contributed by atoms with Crippen LogP contribution < -0.4 is 11.1 Å². The Balaban J connectivity index is 2.37. The monoisotopic (exact) mass is 234 g/mol. The van der Waals surface area contributed by atoms with Gasteiger partial charge in [-0.1, -0.05) is 0 Å². The molecule has 5 nitrogen and oxygen atoms in total. The molecular formula is C9H18N2O3S. The number of nitrogens with two attached hydrogens (primary N) is 1. The standard InChI is InChI=1S/C9H18N2O3S/c1-6(5-15(2)13)11-9(12)7-3-14-4-8(7)10/h6-8H,3-5,10H2,1-2H3,(H,11,12). The van der Waals surface area contributed by atoms with Crippen molar-refractivity contribution in [2.75, 3.05) is 25.2 Å². The number of ether oxygens (including phenoxy) is 1. The van der Waals surface area contributed by atoms with E-state index < -0.39 is 10.8 Å². The third kappa shape index (κ3) is 3.89. The molecule has 0 aliphatic carbocycles. The predicted molar refractivity (Wildman–Crippen MR) is 58.8 cm³/mol. The number of amides is 1. The summed E-state index contributed by atoms with van der Waals surface area (Å²) in [5, 5.41) is 2.79. The van der Waals surface area contributed by atoms with Crippen molar-refractivity contribution in [2.24, 2.45) is 11.7 Å². The molecule has 1 heterocycles. The lowest BCUT2D eigenvalue weighted by Crippen LogP contribution is -2.45. The molecule has 0 aromatic heterocycles. The lowest BCUT2D eigenvalue weighted by atomic mass is 10.0. The summed E-state index contributed by atoms with van der Waals surface area (Å²) in [6.07, 6.45) is 1.62. The number of hydrogen-bond donors (Lipinski definition) is 2. The Morgan fingerprint density at radius 3 is 2.80 bits per heavy atom. The zero-order valence-electron chi connectivity index (χ0n) is 9.06. The van der Waals surface area contributed by atoms with E-state index in [2.05, 4.69) is 5.32 Å². The van der Waals surface area contributed by atoms with Crippen molar-refractivity contribution >= 4 is 16.7 Å². The van der Waals surface area contributed by atoms with Crippen molar-refractivity contribution in [1.29, 1.82) is 0 Å². The Hall–Kier alpha value is -0.460. The fraction of sp³-hybridized carbons (Fsp3) is 0.889. The maximum absolute atomic E-state index is 11.7. The molecule has 1 rings (SSSR count). The van der Waals surface area contributed by atoms with Gasteiger partial charge in [-0.2, -0.15) is 0 Å². The maximum atomic E-state index is 11.7. The molecule has 4 atom stereocenters. The van der Waals surface area contributed by atoms with E-state index in [1.54, 1.807) is 6.26 Å². The van der Waals surface area contributed by atoms with Crippen LogP contribution in [0.5, 0.6) is 0 Å². The summed E-state index contributed by atoms with van der Waals surface area (Å²) in [6.45, 7) is 2.65. The first-order chi connectivity index (χ1) is 7.00. The molecule has 0 aromatic rings. The van der Waals surface area contributed by atoms with E-state index >= 15 is 0 Å². The summed E-state index contributed by atoms with van der Waals surface area (Å²) in [5.41, 5.74) is 5.71. The van der Waals surface area contributed by atoms with Crippen LogP contribution in [0.3, 0.4) is 0 Å². The highest BCUT2D eigenvalue weighted by atomic mass is 32.2. The summed E-state index contributed by atoms with van der Waals surface area (Å²) in [7, 11) is -0.900. The SMILES string of the molecule is CC(CS(C)=O)NC(=O)C1COCC1N. The number of nitrogens with one attached hydrogen (secondary N) is 1. The molecule has 0 radical (unpaired) electrons. The molecule has 4 unspecified atom stereocenters. The minimum absolute atomic E-state index is 0.0869. The second-order valence-corrected chi connectivity index (χ2v) is 5.44. The van der Waals surface area contributed by atoms with Gasteiger partial charge in [-0.05, 0) is 6.92 Å². The van der Waals surface area contributed by atoms with Crippen molar-refractivity contribution in [3.63, 3.8) is 0 Å². The van der Waals surface area contributed by atoms with Crippen LogP contribution in [0.2, 0.25) is 0 Å². The largest absolute Gasteiger partial charge is 0.379 e. The molecule has 0 aromatic carbocycles. The second-order valence-electron chi connectivity index (χ2n) is 3.96. The first-order valence-corrected chi connectivity index (χ1v) is 6.67. The van der Waals surface area contributed by atoms with Gasteiger partial charge < -0.3 is 15.8 Å². The van der Waals surface area contributed by atoms with Crippen LogP contribution in [0.25, 0.3) is 0 Å². The quantitative estimate of drug-likeness (QED) is 0.643. The zero-order valence-corrected chi connectivity index (χ0v) is 9.88. The van der Waals surface area contributed by atoms with Crippen LogP contribution in [0.15, 0.2) is 0 Å². The van der Waals surface area contributed by atoms with Crippen molar-refractivity contribution in [3.8, 4) is 0 Å². The van der Waals surface area contributed by atoms with Crippen LogP contribution in [0, 0.1) is 5.92 Å². The van der Waals surface area contributed by atoms with Crippen molar-refractivity contribution in [2.45, 2.75) is 19.0 Å². The van der Waals surface area contributed by atoms with Gasteiger partial charge in [0.05, 0.1) is 19.1 Å². The maximum Gasteiger partial charge on any atom is 0.227 e. The average molecular weight is 234 g/mol. The van der Waals surface area contributed by atoms with E-state index in [0.29, 0.717) is 19.0 Å². The van der Waals surface area contributed by atoms with Crippen LogP contribution in [-0.2, 0) is 20.3 Å². The van der Waals surface area contributed by atoms with Gasteiger partial charge in [-0.3, -0.25) is 9.00 Å². The number of carbonyl (C=O) groups excluding carboxylic acids is 1. The summed E-state index contributed by atoms with van der Waals surface area (Å²) >= 11 is 0. The Morgan fingerprint density at radius 2 is 2.33 bits per heavy atom. The Labute approximate surface area is 92.2 Å². The van der Waals surface area contributed by atoms with Crippen LogP contribution >= 0.6 is 0 Å². The Bertz CT molecular complexity index is 260. The van der Waals surface area contributed by atoms with Gasteiger partial charge in [0.2, 0.25) is 5.91 Å². The van der Waals surface area contributed by atoms with Gasteiger partial charge in [0.25, 0.3) is 0 Å². The van der Waals surface area contributed by atoms with Gasteiger partial charge in [-0.25, -0.2) is 0 Å². The molecule has 0 spiro atoms. The second kappa shape index (κ2) is 5.58. The Kier molecular flexibility index (Phi) is 4.69. The minimum Gasteiger partial charge on any atom is -0.379 e. The summed E-state index contributed by atoms with van der Waals surface area (Å²) in [6, 6.07) is -0.305. The first-order valence-electron chi connectivity index (χ1n) is 4.94. The fourth-order valence-corrected chi connectivity index (χ4v) is 2.37. The van der Waals surface area contributed by atoms with E-state index in [1.165, 1.54) is 0 Å². The lowest BCUT2D eigenvalue weighted by molar-refractivity contribution is -0.125. The number of rotatable bonds is 4. The van der Waals surface area contributed by atoms with E-state index in [9.17, 15) is 9.00 Å². The number of carbonyl (C=O) groups is 1. The van der Waals surface area contributed by atoms with E-state index in [1.807, 2.05) is 6.92 Å². The molecule has 1 aliphatic heterocycles. The molecule has 0 saturated carbocycles. The van der Waals surface area contributed by atoms with Gasteiger partial charge in [0, 0.05) is 34.9 Å². The number of hydrogen-bond acceptors (Lipinski definition) is 4. The van der Waals surface area contributed by atoms with Gasteiger partial charge in [0.1, 0.15) is 0 Å². The molecule has 15 heavy (non-hydrogen) atoms. The normalized spacial score (nSPS) is 29.8. The third-order valence-corrected chi connectivity index (χ3v) is 3.30. The molecular weight excluding hydrogens is 216 g/mol. The molecule has 1 aliphatic rings. The third-order valence-electron chi connectivity index (χ3n) is 2.33. The van der Waals surface area contributed by atoms with Crippen molar-refractivity contribution in [1.82, 2.24) is 5.32 Å². The van der Waals surface area contributed by atoms with E-state index in [0.717, 1.165) is 0 Å². The predicted octanol–water partition coefficient (Wildman–Crippen LogP) is -1.16. The average Bonchev–Trinajstić information content (AvgIpc) is 2.49. The van der Waals surface area contributed by atoms with Crippen molar-refractivity contribution in [3.05, 3.63) is 0 Å². The molecule has 6 heteroatoms. The Morgan fingerprint density at radius 1 is 1.67 bits per heavy atom. The highest BCUT2D eigenvalue weighted by molar-refractivity contribution is 7.84.